The second kappa shape index (κ2) is 4.44. The maximum atomic E-state index is 12.2. The lowest BCUT2D eigenvalue weighted by Gasteiger charge is -2.29. The maximum Gasteiger partial charge on any atom is 0.227 e. The first-order chi connectivity index (χ1) is 7.58. The summed E-state index contributed by atoms with van der Waals surface area (Å²) in [7, 11) is 0. The lowest BCUT2D eigenvalue weighted by molar-refractivity contribution is -0.138. The summed E-state index contributed by atoms with van der Waals surface area (Å²) in [4.78, 5) is 25.3. The summed E-state index contributed by atoms with van der Waals surface area (Å²) in [5.74, 6) is 0.923. The van der Waals surface area contributed by atoms with E-state index in [0.29, 0.717) is 31.3 Å². The Bertz CT molecular complexity index is 293. The first-order valence-corrected chi connectivity index (χ1v) is 6.15. The van der Waals surface area contributed by atoms with Gasteiger partial charge in [0, 0.05) is 25.6 Å². The Labute approximate surface area is 96.4 Å². The largest absolute Gasteiger partial charge is 0.355 e. The van der Waals surface area contributed by atoms with Gasteiger partial charge in [-0.25, -0.2) is 0 Å². The second-order valence-corrected chi connectivity index (χ2v) is 5.22. The van der Waals surface area contributed by atoms with E-state index in [1.807, 2.05) is 4.90 Å². The molecule has 0 aliphatic carbocycles. The van der Waals surface area contributed by atoms with Crippen molar-refractivity contribution >= 4 is 11.8 Å². The number of nitrogens with one attached hydrogen (secondary N) is 1. The van der Waals surface area contributed by atoms with Crippen LogP contribution < -0.4 is 5.32 Å². The van der Waals surface area contributed by atoms with E-state index in [9.17, 15) is 9.59 Å². The molecule has 4 heteroatoms. The van der Waals surface area contributed by atoms with Gasteiger partial charge >= 0.3 is 0 Å². The highest BCUT2D eigenvalue weighted by Crippen LogP contribution is 2.25. The highest BCUT2D eigenvalue weighted by molar-refractivity contribution is 5.84. The molecular weight excluding hydrogens is 204 g/mol. The average molecular weight is 224 g/mol. The molecule has 2 saturated heterocycles. The molecule has 0 spiro atoms. The summed E-state index contributed by atoms with van der Waals surface area (Å²) in [5, 5.41) is 2.78. The molecule has 2 heterocycles. The van der Waals surface area contributed by atoms with Gasteiger partial charge in [-0.3, -0.25) is 9.59 Å². The van der Waals surface area contributed by atoms with Crippen LogP contribution in [0.3, 0.4) is 0 Å². The van der Waals surface area contributed by atoms with Crippen LogP contribution in [0.5, 0.6) is 0 Å². The molecule has 0 radical (unpaired) electrons. The van der Waals surface area contributed by atoms with Gasteiger partial charge in [-0.2, -0.15) is 0 Å². The number of likely N-dealkylation sites (tertiary alicyclic amines) is 1. The van der Waals surface area contributed by atoms with Gasteiger partial charge in [-0.1, -0.05) is 6.92 Å². The zero-order valence-electron chi connectivity index (χ0n) is 10.0. The van der Waals surface area contributed by atoms with E-state index in [4.69, 9.17) is 0 Å². The predicted molar refractivity (Wildman–Crippen MR) is 60.7 cm³/mol. The average Bonchev–Trinajstić information content (AvgIpc) is 2.58. The Kier molecular flexibility index (Phi) is 3.17. The molecule has 0 aromatic carbocycles. The number of piperidine rings is 1. The molecule has 90 valence electrons. The third-order valence-electron chi connectivity index (χ3n) is 3.68. The van der Waals surface area contributed by atoms with Gasteiger partial charge in [0.05, 0.1) is 5.92 Å². The normalized spacial score (nSPS) is 35.0. The van der Waals surface area contributed by atoms with Crippen molar-refractivity contribution in [1.82, 2.24) is 10.2 Å². The third kappa shape index (κ3) is 2.20. The zero-order valence-corrected chi connectivity index (χ0v) is 10.0. The molecule has 2 amide bonds. The van der Waals surface area contributed by atoms with Crippen molar-refractivity contribution in [2.24, 2.45) is 11.8 Å². The summed E-state index contributed by atoms with van der Waals surface area (Å²) >= 11 is 0. The standard InChI is InChI=1S/C12H20N2O2/c1-8-5-9(2)14(7-8)12(16)10-3-4-11(15)13-6-10/h8-10H,3-7H2,1-2H3,(H,13,15). The molecule has 0 bridgehead atoms. The quantitative estimate of drug-likeness (QED) is 0.715. The van der Waals surface area contributed by atoms with Crippen LogP contribution in [0.15, 0.2) is 0 Å². The molecule has 0 saturated carbocycles. The van der Waals surface area contributed by atoms with E-state index in [1.54, 1.807) is 0 Å². The number of amides is 2. The number of carbonyl (C=O) groups excluding carboxylic acids is 2. The van der Waals surface area contributed by atoms with Crippen molar-refractivity contribution in [2.45, 2.75) is 39.2 Å². The van der Waals surface area contributed by atoms with Crippen molar-refractivity contribution in [2.75, 3.05) is 13.1 Å². The van der Waals surface area contributed by atoms with Gasteiger partial charge < -0.3 is 10.2 Å². The van der Waals surface area contributed by atoms with Gasteiger partial charge in [0.2, 0.25) is 11.8 Å². The van der Waals surface area contributed by atoms with Gasteiger partial charge in [0.15, 0.2) is 0 Å². The minimum atomic E-state index is 0.00505. The van der Waals surface area contributed by atoms with Gasteiger partial charge in [0.25, 0.3) is 0 Å². The first-order valence-electron chi connectivity index (χ1n) is 6.15. The van der Waals surface area contributed by atoms with Crippen LogP contribution in [0.4, 0.5) is 0 Å². The lowest BCUT2D eigenvalue weighted by atomic mass is 9.97. The molecule has 2 aliphatic heterocycles. The summed E-state index contributed by atoms with van der Waals surface area (Å²) in [5.41, 5.74) is 0. The van der Waals surface area contributed by atoms with Crippen LogP contribution in [0.2, 0.25) is 0 Å². The van der Waals surface area contributed by atoms with Crippen LogP contribution in [0, 0.1) is 11.8 Å². The number of carbonyl (C=O) groups is 2. The Morgan fingerprint density at radius 2 is 2.19 bits per heavy atom. The molecule has 2 aliphatic rings. The first kappa shape index (κ1) is 11.4. The molecule has 4 nitrogen and oxygen atoms in total. The van der Waals surface area contributed by atoms with Crippen molar-refractivity contribution in [3.63, 3.8) is 0 Å². The summed E-state index contributed by atoms with van der Waals surface area (Å²) in [6, 6.07) is 0.361. The van der Waals surface area contributed by atoms with Gasteiger partial charge in [-0.15, -0.1) is 0 Å². The summed E-state index contributed by atoms with van der Waals surface area (Å²) in [6.45, 7) is 5.70. The minimum absolute atomic E-state index is 0.00505. The molecule has 3 unspecified atom stereocenters. The van der Waals surface area contributed by atoms with Gasteiger partial charge in [-0.05, 0) is 25.7 Å². The van der Waals surface area contributed by atoms with Crippen molar-refractivity contribution in [3.8, 4) is 0 Å². The van der Waals surface area contributed by atoms with E-state index in [2.05, 4.69) is 19.2 Å². The fraction of sp³-hybridized carbons (Fsp3) is 0.833. The number of hydrogen-bond acceptors (Lipinski definition) is 2. The zero-order chi connectivity index (χ0) is 11.7. The van der Waals surface area contributed by atoms with E-state index < -0.39 is 0 Å². The van der Waals surface area contributed by atoms with Gasteiger partial charge in [0.1, 0.15) is 0 Å². The SMILES string of the molecule is CC1CC(C)N(C(=O)C2CCC(=O)NC2)C1. The van der Waals surface area contributed by atoms with Crippen molar-refractivity contribution in [1.29, 1.82) is 0 Å². The predicted octanol–water partition coefficient (Wildman–Crippen LogP) is 0.769. The molecule has 1 N–H and O–H groups in total. The van der Waals surface area contributed by atoms with Crippen LogP contribution in [0.1, 0.15) is 33.1 Å². The molecule has 2 fully saturated rings. The monoisotopic (exact) mass is 224 g/mol. The Hall–Kier alpha value is -1.06. The van der Waals surface area contributed by atoms with Crippen LogP contribution in [-0.2, 0) is 9.59 Å². The Morgan fingerprint density at radius 3 is 2.69 bits per heavy atom. The number of nitrogens with zero attached hydrogens (tertiary/aromatic N) is 1. The van der Waals surface area contributed by atoms with E-state index in [-0.39, 0.29) is 17.7 Å². The Balaban J connectivity index is 1.94. The molecule has 0 aromatic rings. The van der Waals surface area contributed by atoms with Crippen LogP contribution in [0.25, 0.3) is 0 Å². The number of hydrogen-bond donors (Lipinski definition) is 1. The third-order valence-corrected chi connectivity index (χ3v) is 3.68. The van der Waals surface area contributed by atoms with E-state index in [1.165, 1.54) is 0 Å². The molecular formula is C12H20N2O2. The van der Waals surface area contributed by atoms with Crippen molar-refractivity contribution < 1.29 is 9.59 Å². The van der Waals surface area contributed by atoms with E-state index in [0.717, 1.165) is 13.0 Å². The summed E-state index contributed by atoms with van der Waals surface area (Å²) < 4.78 is 0. The summed E-state index contributed by atoms with van der Waals surface area (Å²) in [6.07, 6.45) is 2.31. The number of rotatable bonds is 1. The van der Waals surface area contributed by atoms with Crippen molar-refractivity contribution in [3.05, 3.63) is 0 Å². The highest BCUT2D eigenvalue weighted by atomic mass is 16.2. The maximum absolute atomic E-state index is 12.2. The topological polar surface area (TPSA) is 49.4 Å². The second-order valence-electron chi connectivity index (χ2n) is 5.22. The van der Waals surface area contributed by atoms with Crippen LogP contribution >= 0.6 is 0 Å². The van der Waals surface area contributed by atoms with E-state index >= 15 is 0 Å². The highest BCUT2D eigenvalue weighted by Gasteiger charge is 2.35. The smallest absolute Gasteiger partial charge is 0.227 e. The molecule has 16 heavy (non-hydrogen) atoms. The lowest BCUT2D eigenvalue weighted by Crippen LogP contribution is -2.45. The minimum Gasteiger partial charge on any atom is -0.355 e. The fourth-order valence-corrected chi connectivity index (χ4v) is 2.79. The fourth-order valence-electron chi connectivity index (χ4n) is 2.79. The van der Waals surface area contributed by atoms with Crippen LogP contribution in [-0.4, -0.2) is 35.8 Å². The molecule has 3 atom stereocenters. The molecule has 0 aromatic heterocycles. The molecule has 2 rings (SSSR count). The Morgan fingerprint density at radius 1 is 1.44 bits per heavy atom.